The van der Waals surface area contributed by atoms with Crippen LogP contribution in [0, 0.1) is 6.92 Å². The summed E-state index contributed by atoms with van der Waals surface area (Å²) in [6.07, 6.45) is 4.76. The van der Waals surface area contributed by atoms with Gasteiger partial charge in [0.05, 0.1) is 0 Å². The lowest BCUT2D eigenvalue weighted by Crippen LogP contribution is -2.45. The molecule has 5 heteroatoms. The molecule has 23 heavy (non-hydrogen) atoms. The van der Waals surface area contributed by atoms with Crippen LogP contribution in [0.4, 0.5) is 5.69 Å². The number of nitrogens with zero attached hydrogens (tertiary/aromatic N) is 1. The fraction of sp³-hybridized carbons (Fsp3) is 0.444. The Labute approximate surface area is 141 Å². The normalized spacial score (nSPS) is 18.2. The molecule has 0 bridgehead atoms. The van der Waals surface area contributed by atoms with E-state index in [4.69, 9.17) is 16.6 Å². The van der Waals surface area contributed by atoms with Gasteiger partial charge in [0.15, 0.2) is 5.11 Å². The topological polar surface area (TPSA) is 45.5 Å². The number of hydrogen-bond acceptors (Lipinski definition) is 3. The molecule has 1 aliphatic heterocycles. The monoisotopic (exact) mass is 330 g/mol. The number of fused-ring (bicyclic) bond motifs is 1. The summed E-state index contributed by atoms with van der Waals surface area (Å²) in [4.78, 5) is 13.8. The zero-order valence-electron chi connectivity index (χ0n) is 13.6. The Morgan fingerprint density at radius 2 is 2.22 bits per heavy atom. The third-order valence-electron chi connectivity index (χ3n) is 4.56. The second-order valence-corrected chi connectivity index (χ2v) is 6.53. The molecule has 0 saturated carbocycles. The average Bonchev–Trinajstić information content (AvgIpc) is 2.54. The standard InChI is InChI=1S/C18H22N2O2S/c1-3-14-6-4-5-9-20(14)18(23)19-13-7-8-15-12(2)10-17(21)22-16(15)11-13/h7-8,10-11,14H,3-6,9H2,1-2H3,(H,19,23)/t14-/m1/s1. The van der Waals surface area contributed by atoms with Gasteiger partial charge >= 0.3 is 5.63 Å². The lowest BCUT2D eigenvalue weighted by atomic mass is 10.0. The highest BCUT2D eigenvalue weighted by molar-refractivity contribution is 7.80. The molecule has 0 aliphatic carbocycles. The van der Waals surface area contributed by atoms with E-state index in [0.29, 0.717) is 11.6 Å². The van der Waals surface area contributed by atoms with E-state index in [9.17, 15) is 4.79 Å². The van der Waals surface area contributed by atoms with Crippen molar-refractivity contribution in [3.63, 3.8) is 0 Å². The van der Waals surface area contributed by atoms with E-state index >= 15 is 0 Å². The molecule has 0 radical (unpaired) electrons. The SMILES string of the molecule is CC[C@@H]1CCCCN1C(=S)Nc1ccc2c(C)cc(=O)oc2c1. The first-order valence-corrected chi connectivity index (χ1v) is 8.61. The first-order chi connectivity index (χ1) is 11.1. The molecule has 1 aliphatic rings. The molecule has 2 aromatic rings. The molecule has 4 nitrogen and oxygen atoms in total. The van der Waals surface area contributed by atoms with Gasteiger partial charge in [-0.2, -0.15) is 0 Å². The lowest BCUT2D eigenvalue weighted by Gasteiger charge is -2.37. The van der Waals surface area contributed by atoms with Crippen molar-refractivity contribution in [1.82, 2.24) is 4.90 Å². The van der Waals surface area contributed by atoms with Gasteiger partial charge in [0.25, 0.3) is 0 Å². The molecule has 1 fully saturated rings. The minimum Gasteiger partial charge on any atom is -0.423 e. The van der Waals surface area contributed by atoms with E-state index in [1.54, 1.807) is 0 Å². The Morgan fingerprint density at radius 3 is 3.00 bits per heavy atom. The number of nitrogens with one attached hydrogen (secondary N) is 1. The first kappa shape index (κ1) is 16.0. The second-order valence-electron chi connectivity index (χ2n) is 6.14. The highest BCUT2D eigenvalue weighted by atomic mass is 32.1. The summed E-state index contributed by atoms with van der Waals surface area (Å²) in [5.74, 6) is 0. The fourth-order valence-electron chi connectivity index (χ4n) is 3.29. The Morgan fingerprint density at radius 1 is 1.39 bits per heavy atom. The van der Waals surface area contributed by atoms with Crippen molar-refractivity contribution in [2.24, 2.45) is 0 Å². The van der Waals surface area contributed by atoms with Crippen LogP contribution in [0.2, 0.25) is 0 Å². The maximum atomic E-state index is 11.5. The number of rotatable bonds is 2. The second kappa shape index (κ2) is 6.71. The maximum Gasteiger partial charge on any atom is 0.336 e. The Hall–Kier alpha value is -1.88. The molecule has 1 atom stereocenters. The Balaban J connectivity index is 1.83. The van der Waals surface area contributed by atoms with E-state index in [2.05, 4.69) is 17.1 Å². The summed E-state index contributed by atoms with van der Waals surface area (Å²) in [5.41, 5.74) is 2.05. The largest absolute Gasteiger partial charge is 0.423 e. The van der Waals surface area contributed by atoms with Gasteiger partial charge in [0.1, 0.15) is 5.58 Å². The number of hydrogen-bond donors (Lipinski definition) is 1. The van der Waals surface area contributed by atoms with Gasteiger partial charge < -0.3 is 14.6 Å². The molecular weight excluding hydrogens is 308 g/mol. The van der Waals surface area contributed by atoms with Crippen LogP contribution in [0.15, 0.2) is 33.5 Å². The van der Waals surface area contributed by atoms with E-state index in [1.165, 1.54) is 25.3 Å². The highest BCUT2D eigenvalue weighted by Crippen LogP contribution is 2.23. The number of likely N-dealkylation sites (tertiary alicyclic amines) is 1. The van der Waals surface area contributed by atoms with Crippen molar-refractivity contribution in [1.29, 1.82) is 0 Å². The lowest BCUT2D eigenvalue weighted by molar-refractivity contribution is 0.239. The predicted octanol–water partition coefficient (Wildman–Crippen LogP) is 4.06. The van der Waals surface area contributed by atoms with E-state index < -0.39 is 0 Å². The summed E-state index contributed by atoms with van der Waals surface area (Å²) < 4.78 is 5.30. The highest BCUT2D eigenvalue weighted by Gasteiger charge is 2.22. The van der Waals surface area contributed by atoms with Crippen LogP contribution in [0.5, 0.6) is 0 Å². The molecule has 0 amide bonds. The van der Waals surface area contributed by atoms with Crippen molar-refractivity contribution in [3.8, 4) is 0 Å². The quantitative estimate of drug-likeness (QED) is 0.664. The average molecular weight is 330 g/mol. The number of thiocarbonyl (C=S) groups is 1. The van der Waals surface area contributed by atoms with Crippen LogP contribution in [0.3, 0.4) is 0 Å². The number of benzene rings is 1. The summed E-state index contributed by atoms with van der Waals surface area (Å²) in [5, 5.41) is 5.01. The number of piperidine rings is 1. The van der Waals surface area contributed by atoms with Gasteiger partial charge in [0, 0.05) is 35.8 Å². The molecule has 122 valence electrons. The number of aryl methyl sites for hydroxylation is 1. The number of anilines is 1. The van der Waals surface area contributed by atoms with E-state index in [0.717, 1.165) is 34.7 Å². The molecule has 0 unspecified atom stereocenters. The van der Waals surface area contributed by atoms with Crippen LogP contribution in [-0.2, 0) is 0 Å². The van der Waals surface area contributed by atoms with Gasteiger partial charge in [-0.3, -0.25) is 0 Å². The van der Waals surface area contributed by atoms with Gasteiger partial charge in [-0.1, -0.05) is 6.92 Å². The van der Waals surface area contributed by atoms with Crippen LogP contribution in [0.25, 0.3) is 11.0 Å². The molecule has 1 aromatic carbocycles. The van der Waals surface area contributed by atoms with Gasteiger partial charge in [0.2, 0.25) is 0 Å². The summed E-state index contributed by atoms with van der Waals surface area (Å²) >= 11 is 5.60. The third kappa shape index (κ3) is 3.39. The first-order valence-electron chi connectivity index (χ1n) is 8.20. The van der Waals surface area contributed by atoms with Gasteiger partial charge in [-0.15, -0.1) is 0 Å². The molecule has 2 heterocycles. The Bertz CT molecular complexity index is 784. The summed E-state index contributed by atoms with van der Waals surface area (Å²) in [7, 11) is 0. The van der Waals surface area contributed by atoms with E-state index in [1.807, 2.05) is 25.1 Å². The van der Waals surface area contributed by atoms with Crippen molar-refractivity contribution in [3.05, 3.63) is 40.2 Å². The molecule has 1 aromatic heterocycles. The van der Waals surface area contributed by atoms with Crippen molar-refractivity contribution in [2.75, 3.05) is 11.9 Å². The molecule has 1 N–H and O–H groups in total. The van der Waals surface area contributed by atoms with Crippen molar-refractivity contribution < 1.29 is 4.42 Å². The molecule has 0 spiro atoms. The van der Waals surface area contributed by atoms with Gasteiger partial charge in [-0.25, -0.2) is 4.79 Å². The van der Waals surface area contributed by atoms with E-state index in [-0.39, 0.29) is 5.63 Å². The Kier molecular flexibility index (Phi) is 4.66. The summed E-state index contributed by atoms with van der Waals surface area (Å²) in [6.45, 7) is 5.13. The summed E-state index contributed by atoms with van der Waals surface area (Å²) in [6, 6.07) is 7.82. The molecular formula is C18H22N2O2S. The van der Waals surface area contributed by atoms with Gasteiger partial charge in [-0.05, 0) is 62.5 Å². The maximum absolute atomic E-state index is 11.5. The van der Waals surface area contributed by atoms with Crippen LogP contribution < -0.4 is 10.9 Å². The minimum atomic E-state index is -0.322. The fourth-order valence-corrected chi connectivity index (χ4v) is 3.65. The predicted molar refractivity (Wildman–Crippen MR) is 98.1 cm³/mol. The van der Waals surface area contributed by atoms with Crippen molar-refractivity contribution in [2.45, 2.75) is 45.6 Å². The minimum absolute atomic E-state index is 0.322. The van der Waals surface area contributed by atoms with Crippen LogP contribution >= 0.6 is 12.2 Å². The smallest absolute Gasteiger partial charge is 0.336 e. The van der Waals surface area contributed by atoms with Crippen LogP contribution in [-0.4, -0.2) is 22.6 Å². The van der Waals surface area contributed by atoms with Crippen LogP contribution in [0.1, 0.15) is 38.2 Å². The molecule has 3 rings (SSSR count). The molecule has 1 saturated heterocycles. The zero-order chi connectivity index (χ0) is 16.4. The zero-order valence-corrected chi connectivity index (χ0v) is 14.4. The third-order valence-corrected chi connectivity index (χ3v) is 4.90. The van der Waals surface area contributed by atoms with Crippen molar-refractivity contribution >= 4 is 34.0 Å².